The number of halogens is 2. The van der Waals surface area contributed by atoms with Gasteiger partial charge in [0.15, 0.2) is 0 Å². The molecule has 0 aliphatic heterocycles. The molecular formula is C21H22F2N6O3. The maximum absolute atomic E-state index is 12.9. The van der Waals surface area contributed by atoms with Gasteiger partial charge in [-0.15, -0.1) is 0 Å². The predicted molar refractivity (Wildman–Crippen MR) is 107 cm³/mol. The highest BCUT2D eigenvalue weighted by molar-refractivity contribution is 5.95. The zero-order valence-electron chi connectivity index (χ0n) is 17.2. The van der Waals surface area contributed by atoms with Gasteiger partial charge in [-0.1, -0.05) is 5.16 Å². The normalized spacial score (nSPS) is 17.8. The quantitative estimate of drug-likeness (QED) is 0.552. The van der Waals surface area contributed by atoms with E-state index in [1.807, 2.05) is 0 Å². The Balaban J connectivity index is 1.15. The maximum atomic E-state index is 12.9. The lowest BCUT2D eigenvalue weighted by Gasteiger charge is -2.34. The van der Waals surface area contributed by atoms with Crippen molar-refractivity contribution in [3.63, 3.8) is 0 Å². The Bertz CT molecular complexity index is 1160. The zero-order valence-corrected chi connectivity index (χ0v) is 17.2. The second-order valence-electron chi connectivity index (χ2n) is 8.54. The molecule has 0 unspecified atom stereocenters. The molecule has 0 radical (unpaired) electrons. The van der Waals surface area contributed by atoms with Gasteiger partial charge in [0.05, 0.1) is 30.2 Å². The van der Waals surface area contributed by atoms with Crippen LogP contribution in [0.3, 0.4) is 0 Å². The minimum absolute atomic E-state index is 0.0969. The Morgan fingerprint density at radius 1 is 1.16 bits per heavy atom. The number of hydrogen-bond acceptors (Lipinski definition) is 6. The van der Waals surface area contributed by atoms with E-state index in [9.17, 15) is 18.4 Å². The molecule has 0 saturated heterocycles. The highest BCUT2D eigenvalue weighted by atomic mass is 19.3. The van der Waals surface area contributed by atoms with E-state index < -0.39 is 5.92 Å². The lowest BCUT2D eigenvalue weighted by molar-refractivity contribution is -0.133. The molecule has 3 aromatic rings. The van der Waals surface area contributed by atoms with Crippen molar-refractivity contribution in [2.75, 3.05) is 0 Å². The fourth-order valence-corrected chi connectivity index (χ4v) is 3.93. The molecule has 0 atom stereocenters. The van der Waals surface area contributed by atoms with Crippen molar-refractivity contribution in [1.82, 2.24) is 30.2 Å². The van der Waals surface area contributed by atoms with Crippen LogP contribution in [0.1, 0.15) is 65.5 Å². The molecule has 9 nitrogen and oxygen atoms in total. The number of nitrogens with zero attached hydrogens (tertiary/aromatic N) is 4. The van der Waals surface area contributed by atoms with Crippen LogP contribution in [-0.2, 0) is 17.9 Å². The molecule has 5 rings (SSSR count). The first-order chi connectivity index (χ1) is 15.4. The summed E-state index contributed by atoms with van der Waals surface area (Å²) in [6, 6.07) is 1.74. The first-order valence-corrected chi connectivity index (χ1v) is 10.6. The number of alkyl halides is 2. The van der Waals surface area contributed by atoms with Gasteiger partial charge in [-0.3, -0.25) is 14.0 Å². The largest absolute Gasteiger partial charge is 0.364 e. The average molecular weight is 444 g/mol. The monoisotopic (exact) mass is 444 g/mol. The van der Waals surface area contributed by atoms with E-state index >= 15 is 0 Å². The highest BCUT2D eigenvalue weighted by Crippen LogP contribution is 2.44. The van der Waals surface area contributed by atoms with Gasteiger partial charge < -0.3 is 15.2 Å². The molecular weight excluding hydrogens is 422 g/mol. The minimum atomic E-state index is -2.62. The third-order valence-corrected chi connectivity index (χ3v) is 5.79. The van der Waals surface area contributed by atoms with E-state index in [4.69, 9.17) is 4.52 Å². The predicted octanol–water partition coefficient (Wildman–Crippen LogP) is 2.58. The lowest BCUT2D eigenvalue weighted by Crippen LogP contribution is -2.38. The number of aromatic nitrogens is 4. The van der Waals surface area contributed by atoms with Gasteiger partial charge in [0.2, 0.25) is 17.6 Å². The van der Waals surface area contributed by atoms with E-state index in [-0.39, 0.29) is 50.1 Å². The van der Waals surface area contributed by atoms with Crippen molar-refractivity contribution >= 4 is 17.6 Å². The summed E-state index contributed by atoms with van der Waals surface area (Å²) in [5.74, 6) is -2.66. The SMILES string of the molecule is O=C(CC1CC(F)(F)C1)NCc1ccn2cc(CNC(=O)c3conc3C3CC3)nc2n1. The van der Waals surface area contributed by atoms with Gasteiger partial charge in [-0.25, -0.2) is 18.7 Å². The number of imidazole rings is 1. The average Bonchev–Trinajstić information content (AvgIpc) is 3.31. The molecule has 0 aromatic carbocycles. The fourth-order valence-electron chi connectivity index (χ4n) is 3.93. The molecule has 32 heavy (non-hydrogen) atoms. The highest BCUT2D eigenvalue weighted by Gasteiger charge is 2.45. The standard InChI is InChI=1S/C21H22F2N6O3/c22-21(23)6-12(7-21)5-17(30)24-8-14-3-4-29-10-15(27-20(29)26-14)9-25-19(31)16-11-32-28-18(16)13-1-2-13/h3-4,10-13H,1-2,5-9H2,(H,24,30)(H,25,31). The number of amides is 2. The topological polar surface area (TPSA) is 114 Å². The molecule has 3 aromatic heterocycles. The molecule has 168 valence electrons. The van der Waals surface area contributed by atoms with Crippen LogP contribution in [-0.4, -0.2) is 37.3 Å². The van der Waals surface area contributed by atoms with E-state index in [0.29, 0.717) is 34.3 Å². The van der Waals surface area contributed by atoms with Crippen LogP contribution < -0.4 is 10.6 Å². The number of nitrogens with one attached hydrogen (secondary N) is 2. The Hall–Kier alpha value is -3.37. The molecule has 2 fully saturated rings. The summed E-state index contributed by atoms with van der Waals surface area (Å²) >= 11 is 0. The number of fused-ring (bicyclic) bond motifs is 1. The molecule has 11 heteroatoms. The first kappa shape index (κ1) is 20.5. The zero-order chi connectivity index (χ0) is 22.3. The molecule has 2 aliphatic rings. The number of carbonyl (C=O) groups excluding carboxylic acids is 2. The summed E-state index contributed by atoms with van der Waals surface area (Å²) in [7, 11) is 0. The van der Waals surface area contributed by atoms with Crippen LogP contribution in [0.2, 0.25) is 0 Å². The van der Waals surface area contributed by atoms with Crippen molar-refractivity contribution < 1.29 is 22.9 Å². The van der Waals surface area contributed by atoms with Crippen molar-refractivity contribution in [2.45, 2.75) is 57.0 Å². The van der Waals surface area contributed by atoms with Crippen LogP contribution in [0.5, 0.6) is 0 Å². The van der Waals surface area contributed by atoms with Crippen LogP contribution >= 0.6 is 0 Å². The van der Waals surface area contributed by atoms with Crippen LogP contribution in [0.4, 0.5) is 8.78 Å². The second-order valence-corrected chi connectivity index (χ2v) is 8.54. The summed E-state index contributed by atoms with van der Waals surface area (Å²) in [4.78, 5) is 33.2. The number of hydrogen-bond donors (Lipinski definition) is 2. The Morgan fingerprint density at radius 3 is 2.66 bits per heavy atom. The first-order valence-electron chi connectivity index (χ1n) is 10.6. The molecule has 2 saturated carbocycles. The van der Waals surface area contributed by atoms with Crippen molar-refractivity contribution in [1.29, 1.82) is 0 Å². The van der Waals surface area contributed by atoms with E-state index in [1.54, 1.807) is 22.9 Å². The van der Waals surface area contributed by atoms with Crippen molar-refractivity contribution in [2.24, 2.45) is 5.92 Å². The minimum Gasteiger partial charge on any atom is -0.364 e. The molecule has 2 amide bonds. The third-order valence-electron chi connectivity index (χ3n) is 5.79. The molecule has 0 bridgehead atoms. The van der Waals surface area contributed by atoms with Crippen molar-refractivity contribution in [3.8, 4) is 0 Å². The van der Waals surface area contributed by atoms with Crippen molar-refractivity contribution in [3.05, 3.63) is 47.4 Å². The Labute approximate surface area is 181 Å². The van der Waals surface area contributed by atoms with Gasteiger partial charge in [0.25, 0.3) is 5.91 Å². The van der Waals surface area contributed by atoms with Gasteiger partial charge >= 0.3 is 0 Å². The van der Waals surface area contributed by atoms with Gasteiger partial charge in [-0.05, 0) is 24.8 Å². The molecule has 2 aliphatic carbocycles. The van der Waals surface area contributed by atoms with Crippen LogP contribution in [0, 0.1) is 5.92 Å². The second kappa shape index (κ2) is 7.95. The Kier molecular flexibility index (Phi) is 5.10. The van der Waals surface area contributed by atoms with Crippen LogP contribution in [0.15, 0.2) is 29.2 Å². The van der Waals surface area contributed by atoms with Crippen LogP contribution in [0.25, 0.3) is 5.78 Å². The summed E-state index contributed by atoms with van der Waals surface area (Å²) in [6.45, 7) is 0.407. The maximum Gasteiger partial charge on any atom is 0.256 e. The summed E-state index contributed by atoms with van der Waals surface area (Å²) in [5, 5.41) is 9.47. The number of carbonyl (C=O) groups is 2. The van der Waals surface area contributed by atoms with E-state index in [1.165, 1.54) is 6.26 Å². The Morgan fingerprint density at radius 2 is 1.91 bits per heavy atom. The lowest BCUT2D eigenvalue weighted by atomic mass is 9.79. The van der Waals surface area contributed by atoms with Gasteiger partial charge in [0, 0.05) is 37.6 Å². The summed E-state index contributed by atoms with van der Waals surface area (Å²) in [5.41, 5.74) is 2.39. The fraction of sp³-hybridized carbons (Fsp3) is 0.476. The van der Waals surface area contributed by atoms with Gasteiger partial charge in [-0.2, -0.15) is 0 Å². The molecule has 2 N–H and O–H groups in total. The molecule has 0 spiro atoms. The van der Waals surface area contributed by atoms with Gasteiger partial charge in [0.1, 0.15) is 11.8 Å². The molecule has 3 heterocycles. The summed E-state index contributed by atoms with van der Waals surface area (Å²) in [6.07, 6.45) is 6.57. The summed E-state index contributed by atoms with van der Waals surface area (Å²) < 4.78 is 32.4. The van der Waals surface area contributed by atoms with E-state index in [2.05, 4.69) is 25.8 Å². The third kappa shape index (κ3) is 4.46. The number of rotatable bonds is 8. The smallest absolute Gasteiger partial charge is 0.256 e. The van der Waals surface area contributed by atoms with E-state index in [0.717, 1.165) is 12.8 Å².